The largest absolute Gasteiger partial charge is 0.433 e. The van der Waals surface area contributed by atoms with Gasteiger partial charge < -0.3 is 9.88 Å². The molecule has 8 heteroatoms. The molecule has 136 valence electrons. The number of rotatable bonds is 6. The summed E-state index contributed by atoms with van der Waals surface area (Å²) in [6.07, 6.45) is -0.401. The van der Waals surface area contributed by atoms with Crippen LogP contribution in [0.25, 0.3) is 0 Å². The van der Waals surface area contributed by atoms with E-state index in [1.54, 1.807) is 13.0 Å². The van der Waals surface area contributed by atoms with Crippen molar-refractivity contribution in [3.8, 4) is 0 Å². The second-order valence-electron chi connectivity index (χ2n) is 6.70. The Balaban J connectivity index is 1.59. The van der Waals surface area contributed by atoms with Crippen molar-refractivity contribution in [1.82, 2.24) is 19.7 Å². The number of aryl methyl sites for hydroxylation is 1. The molecule has 0 spiro atoms. The highest BCUT2D eigenvalue weighted by Crippen LogP contribution is 2.36. The molecule has 1 unspecified atom stereocenters. The second kappa shape index (κ2) is 6.57. The summed E-state index contributed by atoms with van der Waals surface area (Å²) in [6.45, 7) is 3.69. The van der Waals surface area contributed by atoms with E-state index in [1.165, 1.54) is 6.92 Å². The predicted molar refractivity (Wildman–Crippen MR) is 86.2 cm³/mol. The van der Waals surface area contributed by atoms with Crippen LogP contribution in [0, 0.1) is 12.8 Å². The van der Waals surface area contributed by atoms with E-state index in [-0.39, 0.29) is 24.9 Å². The zero-order chi connectivity index (χ0) is 18.2. The molecule has 1 fully saturated rings. The first-order valence-electron chi connectivity index (χ1n) is 8.32. The highest BCUT2D eigenvalue weighted by atomic mass is 19.4. The van der Waals surface area contributed by atoms with Gasteiger partial charge in [-0.25, -0.2) is 0 Å². The maximum absolute atomic E-state index is 13.0. The fraction of sp³-hybridized carbons (Fsp3) is 0.529. The van der Waals surface area contributed by atoms with Crippen LogP contribution in [0.3, 0.4) is 0 Å². The van der Waals surface area contributed by atoms with Crippen molar-refractivity contribution in [3.05, 3.63) is 41.5 Å². The Morgan fingerprint density at radius 3 is 2.80 bits per heavy atom. The van der Waals surface area contributed by atoms with Crippen LogP contribution >= 0.6 is 0 Å². The number of nitrogens with zero attached hydrogens (tertiary/aromatic N) is 3. The number of hydrogen-bond donors (Lipinski definition) is 1. The number of nitrogens with one attached hydrogen (secondary N) is 1. The Bertz CT molecular complexity index is 758. The number of aromatic nitrogens is 3. The minimum absolute atomic E-state index is 0.0899. The van der Waals surface area contributed by atoms with Gasteiger partial charge in [-0.05, 0) is 43.9 Å². The van der Waals surface area contributed by atoms with Crippen molar-refractivity contribution in [2.24, 2.45) is 5.92 Å². The summed E-state index contributed by atoms with van der Waals surface area (Å²) in [5, 5.41) is 6.73. The van der Waals surface area contributed by atoms with Crippen LogP contribution in [0.5, 0.6) is 0 Å². The molecule has 1 atom stereocenters. The first-order chi connectivity index (χ1) is 11.8. The summed E-state index contributed by atoms with van der Waals surface area (Å²) in [5.41, 5.74) is 0.164. The standard InChI is InChI=1S/C17H21F3N4O/c1-11(10-24-15(17(18,19)20)8-12(2)22-24)9-21-16(25)14-4-3-7-23(14)13-5-6-13/h3-4,7-8,11,13H,5-6,9-10H2,1-2H3,(H,21,25). The number of hydrogen-bond acceptors (Lipinski definition) is 2. The van der Waals surface area contributed by atoms with E-state index in [0.717, 1.165) is 23.6 Å². The van der Waals surface area contributed by atoms with Crippen LogP contribution in [0.2, 0.25) is 0 Å². The number of carbonyl (C=O) groups is 1. The lowest BCUT2D eigenvalue weighted by Crippen LogP contribution is -2.32. The highest BCUT2D eigenvalue weighted by Gasteiger charge is 2.35. The van der Waals surface area contributed by atoms with Gasteiger partial charge in [-0.1, -0.05) is 6.92 Å². The van der Waals surface area contributed by atoms with E-state index in [4.69, 9.17) is 0 Å². The summed E-state index contributed by atoms with van der Waals surface area (Å²) >= 11 is 0. The molecule has 0 radical (unpaired) electrons. The topological polar surface area (TPSA) is 51.9 Å². The van der Waals surface area contributed by atoms with Gasteiger partial charge in [0.2, 0.25) is 0 Å². The van der Waals surface area contributed by atoms with Crippen molar-refractivity contribution < 1.29 is 18.0 Å². The Morgan fingerprint density at radius 1 is 1.44 bits per heavy atom. The fourth-order valence-electron chi connectivity index (χ4n) is 2.89. The van der Waals surface area contributed by atoms with Crippen molar-refractivity contribution in [2.75, 3.05) is 6.54 Å². The average Bonchev–Trinajstić information content (AvgIpc) is 3.12. The molecular weight excluding hydrogens is 333 g/mol. The molecule has 1 amide bonds. The van der Waals surface area contributed by atoms with Crippen LogP contribution in [-0.2, 0) is 12.7 Å². The van der Waals surface area contributed by atoms with Crippen molar-refractivity contribution in [3.63, 3.8) is 0 Å². The highest BCUT2D eigenvalue weighted by molar-refractivity contribution is 5.92. The molecule has 25 heavy (non-hydrogen) atoms. The number of amides is 1. The Hall–Kier alpha value is -2.25. The Morgan fingerprint density at radius 2 is 2.16 bits per heavy atom. The van der Waals surface area contributed by atoms with Crippen molar-refractivity contribution in [2.45, 2.75) is 45.5 Å². The molecule has 1 aliphatic carbocycles. The van der Waals surface area contributed by atoms with Gasteiger partial charge in [-0.3, -0.25) is 9.48 Å². The van der Waals surface area contributed by atoms with Crippen molar-refractivity contribution in [1.29, 1.82) is 0 Å². The van der Waals surface area contributed by atoms with Gasteiger partial charge in [0, 0.05) is 25.3 Å². The van der Waals surface area contributed by atoms with E-state index in [2.05, 4.69) is 10.4 Å². The zero-order valence-corrected chi connectivity index (χ0v) is 14.2. The van der Waals surface area contributed by atoms with Gasteiger partial charge in [-0.15, -0.1) is 0 Å². The number of carbonyl (C=O) groups excluding carboxylic acids is 1. The molecule has 0 bridgehead atoms. The SMILES string of the molecule is Cc1cc(C(F)(F)F)n(CC(C)CNC(=O)c2cccn2C2CC2)n1. The fourth-order valence-corrected chi connectivity index (χ4v) is 2.89. The third-order valence-corrected chi connectivity index (χ3v) is 4.24. The number of alkyl halides is 3. The van der Waals surface area contributed by atoms with E-state index >= 15 is 0 Å². The molecule has 2 heterocycles. The predicted octanol–water partition coefficient (Wildman–Crippen LogP) is 3.41. The van der Waals surface area contributed by atoms with Crippen LogP contribution in [0.15, 0.2) is 24.4 Å². The summed E-state index contributed by atoms with van der Waals surface area (Å²) < 4.78 is 41.9. The summed E-state index contributed by atoms with van der Waals surface area (Å²) in [7, 11) is 0. The van der Waals surface area contributed by atoms with Gasteiger partial charge >= 0.3 is 6.18 Å². The quantitative estimate of drug-likeness (QED) is 0.864. The maximum Gasteiger partial charge on any atom is 0.433 e. The van der Waals surface area contributed by atoms with Crippen LogP contribution in [0.1, 0.15) is 47.7 Å². The van der Waals surface area contributed by atoms with Crippen molar-refractivity contribution >= 4 is 5.91 Å². The lowest BCUT2D eigenvalue weighted by atomic mass is 10.1. The van der Waals surface area contributed by atoms with Gasteiger partial charge in [0.1, 0.15) is 11.4 Å². The molecule has 2 aromatic rings. The van der Waals surface area contributed by atoms with E-state index < -0.39 is 11.9 Å². The molecule has 3 rings (SSSR count). The lowest BCUT2D eigenvalue weighted by Gasteiger charge is -2.16. The third kappa shape index (κ3) is 4.05. The van der Waals surface area contributed by atoms with Crippen LogP contribution in [-0.4, -0.2) is 26.8 Å². The van der Waals surface area contributed by atoms with Gasteiger partial charge in [0.15, 0.2) is 0 Å². The first kappa shape index (κ1) is 17.6. The normalized spacial score (nSPS) is 16.0. The third-order valence-electron chi connectivity index (χ3n) is 4.24. The summed E-state index contributed by atoms with van der Waals surface area (Å²) in [4.78, 5) is 12.3. The zero-order valence-electron chi connectivity index (χ0n) is 14.2. The van der Waals surface area contributed by atoms with E-state index in [9.17, 15) is 18.0 Å². The molecule has 1 saturated carbocycles. The minimum atomic E-state index is -4.44. The maximum atomic E-state index is 13.0. The molecule has 5 nitrogen and oxygen atoms in total. The van der Waals surface area contributed by atoms with Crippen LogP contribution < -0.4 is 5.32 Å². The molecular formula is C17H21F3N4O. The molecule has 1 N–H and O–H groups in total. The van der Waals surface area contributed by atoms with Gasteiger partial charge in [0.05, 0.1) is 5.69 Å². The minimum Gasteiger partial charge on any atom is -0.350 e. The summed E-state index contributed by atoms with van der Waals surface area (Å²) in [6, 6.07) is 5.03. The molecule has 1 aliphatic rings. The first-order valence-corrected chi connectivity index (χ1v) is 8.32. The average molecular weight is 354 g/mol. The molecule has 0 aromatic carbocycles. The molecule has 2 aromatic heterocycles. The van der Waals surface area contributed by atoms with Gasteiger partial charge in [0.25, 0.3) is 5.91 Å². The monoisotopic (exact) mass is 354 g/mol. The Kier molecular flexibility index (Phi) is 4.62. The molecule has 0 saturated heterocycles. The summed E-state index contributed by atoms with van der Waals surface area (Å²) in [5.74, 6) is -0.384. The number of halogens is 3. The van der Waals surface area contributed by atoms with Gasteiger partial charge in [-0.2, -0.15) is 18.3 Å². The second-order valence-corrected chi connectivity index (χ2v) is 6.70. The Labute approximate surface area is 143 Å². The molecule has 0 aliphatic heterocycles. The lowest BCUT2D eigenvalue weighted by molar-refractivity contribution is -0.144. The van der Waals surface area contributed by atoms with E-state index in [0.29, 0.717) is 17.4 Å². The van der Waals surface area contributed by atoms with Crippen LogP contribution in [0.4, 0.5) is 13.2 Å². The van der Waals surface area contributed by atoms with E-state index in [1.807, 2.05) is 16.8 Å². The smallest absolute Gasteiger partial charge is 0.350 e.